The van der Waals surface area contributed by atoms with Crippen LogP contribution in [-0.4, -0.2) is 32.1 Å². The number of nitrogens with zero attached hydrogens (tertiary/aromatic N) is 2. The standard InChI is InChI=1S/C23H22N2O5/c26-19-14-25(24-21(22(19)27)23(28)29)18-12-6-4-10-16(18)17-11-5-7-13-20(17)30-15-8-2-1-3-9-15/h4-7,10-15,26H,1-3,8-9H2,(H,28,29). The number of para-hydroxylation sites is 2. The van der Waals surface area contributed by atoms with E-state index in [4.69, 9.17) is 4.74 Å². The topological polar surface area (TPSA) is 102 Å². The number of rotatable bonds is 5. The van der Waals surface area contributed by atoms with Crippen LogP contribution in [0.1, 0.15) is 42.6 Å². The van der Waals surface area contributed by atoms with Crippen molar-refractivity contribution in [3.05, 3.63) is 70.6 Å². The highest BCUT2D eigenvalue weighted by molar-refractivity contribution is 5.85. The smallest absolute Gasteiger partial charge is 0.360 e. The molecule has 4 rings (SSSR count). The van der Waals surface area contributed by atoms with Crippen LogP contribution in [0.25, 0.3) is 16.8 Å². The summed E-state index contributed by atoms with van der Waals surface area (Å²) in [6.45, 7) is 0. The van der Waals surface area contributed by atoms with E-state index in [2.05, 4.69) is 5.10 Å². The highest BCUT2D eigenvalue weighted by atomic mass is 16.5. The second kappa shape index (κ2) is 8.41. The number of aromatic hydroxyl groups is 1. The van der Waals surface area contributed by atoms with Gasteiger partial charge in [0.1, 0.15) is 5.75 Å². The molecule has 0 atom stereocenters. The molecule has 2 N–H and O–H groups in total. The van der Waals surface area contributed by atoms with E-state index >= 15 is 0 Å². The van der Waals surface area contributed by atoms with Gasteiger partial charge in [-0.2, -0.15) is 5.10 Å². The molecule has 0 aliphatic heterocycles. The molecule has 2 aromatic carbocycles. The quantitative estimate of drug-likeness (QED) is 0.664. The monoisotopic (exact) mass is 406 g/mol. The Morgan fingerprint density at radius 3 is 2.40 bits per heavy atom. The summed E-state index contributed by atoms with van der Waals surface area (Å²) in [6.07, 6.45) is 6.88. The van der Waals surface area contributed by atoms with Crippen LogP contribution in [0.2, 0.25) is 0 Å². The van der Waals surface area contributed by atoms with Crippen LogP contribution in [0.3, 0.4) is 0 Å². The maximum Gasteiger partial charge on any atom is 0.360 e. The third kappa shape index (κ3) is 3.91. The van der Waals surface area contributed by atoms with Gasteiger partial charge in [0.15, 0.2) is 5.75 Å². The second-order valence-corrected chi connectivity index (χ2v) is 7.33. The first kappa shape index (κ1) is 19.7. The van der Waals surface area contributed by atoms with Gasteiger partial charge in [-0.3, -0.25) is 4.79 Å². The second-order valence-electron chi connectivity index (χ2n) is 7.33. The Bertz CT molecular complexity index is 1130. The molecule has 1 aliphatic rings. The van der Waals surface area contributed by atoms with E-state index < -0.39 is 22.8 Å². The lowest BCUT2D eigenvalue weighted by atomic mass is 9.97. The minimum absolute atomic E-state index is 0.167. The molecule has 0 radical (unpaired) electrons. The zero-order valence-corrected chi connectivity index (χ0v) is 16.3. The largest absolute Gasteiger partial charge is 0.503 e. The van der Waals surface area contributed by atoms with E-state index in [1.54, 1.807) is 12.1 Å². The van der Waals surface area contributed by atoms with Gasteiger partial charge >= 0.3 is 5.97 Å². The molecule has 3 aromatic rings. The van der Waals surface area contributed by atoms with Crippen molar-refractivity contribution in [1.29, 1.82) is 0 Å². The molecule has 7 heteroatoms. The van der Waals surface area contributed by atoms with Gasteiger partial charge in [0.25, 0.3) is 5.43 Å². The minimum atomic E-state index is -1.50. The first-order chi connectivity index (χ1) is 14.5. The summed E-state index contributed by atoms with van der Waals surface area (Å²) in [5.41, 5.74) is 0.343. The average Bonchev–Trinajstić information content (AvgIpc) is 2.76. The first-order valence-electron chi connectivity index (χ1n) is 9.96. The first-order valence-corrected chi connectivity index (χ1v) is 9.96. The Morgan fingerprint density at radius 1 is 1.00 bits per heavy atom. The number of ether oxygens (including phenoxy) is 1. The molecular weight excluding hydrogens is 384 g/mol. The molecule has 0 amide bonds. The van der Waals surface area contributed by atoms with Crippen LogP contribution in [0.15, 0.2) is 59.5 Å². The summed E-state index contributed by atoms with van der Waals surface area (Å²) in [7, 11) is 0. The van der Waals surface area contributed by atoms with Gasteiger partial charge in [-0.15, -0.1) is 0 Å². The van der Waals surface area contributed by atoms with Gasteiger partial charge in [0.2, 0.25) is 5.69 Å². The predicted molar refractivity (Wildman–Crippen MR) is 111 cm³/mol. The Kier molecular flexibility index (Phi) is 5.52. The summed E-state index contributed by atoms with van der Waals surface area (Å²) in [6, 6.07) is 14.9. The van der Waals surface area contributed by atoms with Gasteiger partial charge in [-0.25, -0.2) is 9.48 Å². The van der Waals surface area contributed by atoms with Crippen molar-refractivity contribution in [1.82, 2.24) is 9.78 Å². The van der Waals surface area contributed by atoms with Crippen LogP contribution in [-0.2, 0) is 0 Å². The van der Waals surface area contributed by atoms with Gasteiger partial charge in [-0.1, -0.05) is 42.8 Å². The van der Waals surface area contributed by atoms with Crippen molar-refractivity contribution < 1.29 is 19.7 Å². The Labute approximate surface area is 173 Å². The third-order valence-electron chi connectivity index (χ3n) is 5.28. The van der Waals surface area contributed by atoms with Gasteiger partial charge in [-0.05, 0) is 37.8 Å². The lowest BCUT2D eigenvalue weighted by molar-refractivity contribution is 0.0686. The van der Waals surface area contributed by atoms with Crippen molar-refractivity contribution in [3.63, 3.8) is 0 Å². The highest BCUT2D eigenvalue weighted by Gasteiger charge is 2.20. The zero-order valence-electron chi connectivity index (χ0n) is 16.3. The summed E-state index contributed by atoms with van der Waals surface area (Å²) >= 11 is 0. The molecule has 0 unspecified atom stereocenters. The molecule has 1 heterocycles. The lowest BCUT2D eigenvalue weighted by Gasteiger charge is -2.25. The van der Waals surface area contributed by atoms with Crippen LogP contribution >= 0.6 is 0 Å². The number of carboxylic acids is 1. The number of aromatic carboxylic acids is 1. The summed E-state index contributed by atoms with van der Waals surface area (Å²) < 4.78 is 7.53. The minimum Gasteiger partial charge on any atom is -0.503 e. The Balaban J connectivity index is 1.81. The average molecular weight is 406 g/mol. The molecule has 1 fully saturated rings. The van der Waals surface area contributed by atoms with Gasteiger partial charge in [0.05, 0.1) is 18.0 Å². The third-order valence-corrected chi connectivity index (χ3v) is 5.28. The number of hydrogen-bond donors (Lipinski definition) is 2. The van der Waals surface area contributed by atoms with Crippen molar-refractivity contribution >= 4 is 5.97 Å². The van der Waals surface area contributed by atoms with E-state index in [1.807, 2.05) is 36.4 Å². The SMILES string of the molecule is O=C(O)c1nn(-c2ccccc2-c2ccccc2OC2CCCCC2)cc(O)c1=O. The Hall–Kier alpha value is -3.61. The van der Waals surface area contributed by atoms with E-state index in [-0.39, 0.29) is 6.10 Å². The summed E-state index contributed by atoms with van der Waals surface area (Å²) in [5.74, 6) is -1.44. The lowest BCUT2D eigenvalue weighted by Crippen LogP contribution is -2.21. The van der Waals surface area contributed by atoms with E-state index in [1.165, 1.54) is 11.1 Å². The normalized spacial score (nSPS) is 14.4. The fourth-order valence-corrected chi connectivity index (χ4v) is 3.80. The van der Waals surface area contributed by atoms with Crippen LogP contribution < -0.4 is 10.2 Å². The van der Waals surface area contributed by atoms with Crippen molar-refractivity contribution in [2.45, 2.75) is 38.2 Å². The molecule has 30 heavy (non-hydrogen) atoms. The molecule has 1 aliphatic carbocycles. The van der Waals surface area contributed by atoms with E-state index in [0.717, 1.165) is 48.8 Å². The van der Waals surface area contributed by atoms with E-state index in [0.29, 0.717) is 5.69 Å². The molecule has 154 valence electrons. The number of hydrogen-bond acceptors (Lipinski definition) is 5. The van der Waals surface area contributed by atoms with Crippen molar-refractivity contribution in [2.75, 3.05) is 0 Å². The zero-order chi connectivity index (χ0) is 21.1. The van der Waals surface area contributed by atoms with Gasteiger partial charge in [0, 0.05) is 11.1 Å². The molecule has 0 bridgehead atoms. The fourth-order valence-electron chi connectivity index (χ4n) is 3.80. The number of carboxylic acid groups (broad SMARTS) is 1. The maximum absolute atomic E-state index is 11.9. The van der Waals surface area contributed by atoms with Gasteiger partial charge < -0.3 is 14.9 Å². The molecule has 1 aromatic heterocycles. The van der Waals surface area contributed by atoms with Crippen molar-refractivity contribution in [3.8, 4) is 28.3 Å². The van der Waals surface area contributed by atoms with Crippen LogP contribution in [0.4, 0.5) is 0 Å². The predicted octanol–water partition coefficient (Wildman–Crippen LogP) is 4.01. The maximum atomic E-state index is 11.9. The molecular formula is C23H22N2O5. The van der Waals surface area contributed by atoms with Crippen molar-refractivity contribution in [2.24, 2.45) is 0 Å². The highest BCUT2D eigenvalue weighted by Crippen LogP contribution is 2.36. The molecule has 7 nitrogen and oxygen atoms in total. The van der Waals surface area contributed by atoms with E-state index in [9.17, 15) is 19.8 Å². The summed E-state index contributed by atoms with van der Waals surface area (Å²) in [5, 5.41) is 23.2. The molecule has 0 saturated heterocycles. The number of aromatic nitrogens is 2. The molecule has 0 spiro atoms. The van der Waals surface area contributed by atoms with Crippen LogP contribution in [0.5, 0.6) is 11.5 Å². The number of benzene rings is 2. The number of carbonyl (C=O) groups is 1. The van der Waals surface area contributed by atoms with Crippen LogP contribution in [0, 0.1) is 0 Å². The fraction of sp³-hybridized carbons (Fsp3) is 0.261. The summed E-state index contributed by atoms with van der Waals surface area (Å²) in [4.78, 5) is 23.3. The molecule has 1 saturated carbocycles. The Morgan fingerprint density at radius 2 is 1.67 bits per heavy atom.